The van der Waals surface area contributed by atoms with Gasteiger partial charge in [-0.3, -0.25) is 9.78 Å². The number of hydrogen-bond acceptors (Lipinski definition) is 4. The minimum absolute atomic E-state index is 0.0968. The molecule has 2 heterocycles. The maximum atomic E-state index is 12.4. The highest BCUT2D eigenvalue weighted by atomic mass is 16.6. The summed E-state index contributed by atoms with van der Waals surface area (Å²) in [4.78, 5) is 16.3. The minimum atomic E-state index is -0.289. The number of pyridine rings is 1. The standard InChI is InChI=1S/C17H16N2O3/c20-16(12-2-1-7-18-11-12)19-17(5-6-17)13-3-4-14-15(10-13)22-9-8-21-14/h1-4,7,10-11H,5-6,8-9H2,(H,19,20). The first-order valence-electron chi connectivity index (χ1n) is 7.40. The Morgan fingerprint density at radius 2 is 1.95 bits per heavy atom. The summed E-state index contributed by atoms with van der Waals surface area (Å²) in [6.07, 6.45) is 5.09. The van der Waals surface area contributed by atoms with Crippen molar-refractivity contribution >= 4 is 5.91 Å². The van der Waals surface area contributed by atoms with Crippen LogP contribution in [0.3, 0.4) is 0 Å². The van der Waals surface area contributed by atoms with Gasteiger partial charge in [-0.2, -0.15) is 0 Å². The van der Waals surface area contributed by atoms with Gasteiger partial charge in [0.1, 0.15) is 13.2 Å². The highest BCUT2D eigenvalue weighted by Gasteiger charge is 2.46. The fourth-order valence-corrected chi connectivity index (χ4v) is 2.74. The van der Waals surface area contributed by atoms with Crippen molar-refractivity contribution in [1.29, 1.82) is 0 Å². The summed E-state index contributed by atoms with van der Waals surface area (Å²) in [5.74, 6) is 1.43. The first-order valence-corrected chi connectivity index (χ1v) is 7.40. The Kier molecular flexibility index (Phi) is 2.99. The molecule has 2 aromatic rings. The predicted molar refractivity (Wildman–Crippen MR) is 80.0 cm³/mol. The molecule has 4 rings (SSSR count). The van der Waals surface area contributed by atoms with E-state index in [0.29, 0.717) is 18.8 Å². The highest BCUT2D eigenvalue weighted by Crippen LogP contribution is 2.48. The minimum Gasteiger partial charge on any atom is -0.486 e. The van der Waals surface area contributed by atoms with Crippen molar-refractivity contribution in [2.45, 2.75) is 18.4 Å². The molecule has 0 bridgehead atoms. The van der Waals surface area contributed by atoms with Crippen LogP contribution in [0.1, 0.15) is 28.8 Å². The van der Waals surface area contributed by atoms with Crippen LogP contribution in [-0.4, -0.2) is 24.1 Å². The number of amides is 1. The predicted octanol–water partition coefficient (Wildman–Crippen LogP) is 2.27. The summed E-state index contributed by atoms with van der Waals surface area (Å²) in [5, 5.41) is 3.13. The van der Waals surface area contributed by atoms with E-state index in [4.69, 9.17) is 9.47 Å². The van der Waals surface area contributed by atoms with Gasteiger partial charge < -0.3 is 14.8 Å². The van der Waals surface area contributed by atoms with Crippen LogP contribution in [-0.2, 0) is 5.54 Å². The number of carbonyl (C=O) groups excluding carboxylic acids is 1. The lowest BCUT2D eigenvalue weighted by Gasteiger charge is -2.22. The molecule has 5 heteroatoms. The van der Waals surface area contributed by atoms with Crippen LogP contribution in [0, 0.1) is 0 Å². The van der Waals surface area contributed by atoms with Gasteiger partial charge in [0.15, 0.2) is 11.5 Å². The van der Waals surface area contributed by atoms with Gasteiger partial charge in [-0.15, -0.1) is 0 Å². The van der Waals surface area contributed by atoms with Crippen LogP contribution in [0.5, 0.6) is 11.5 Å². The molecule has 0 saturated heterocycles. The summed E-state index contributed by atoms with van der Waals surface area (Å²) in [7, 11) is 0. The molecule has 0 spiro atoms. The van der Waals surface area contributed by atoms with Gasteiger partial charge in [-0.1, -0.05) is 6.07 Å². The second-order valence-corrected chi connectivity index (χ2v) is 5.64. The van der Waals surface area contributed by atoms with Crippen LogP contribution in [0.15, 0.2) is 42.7 Å². The number of hydrogen-bond donors (Lipinski definition) is 1. The van der Waals surface area contributed by atoms with Crippen molar-refractivity contribution in [1.82, 2.24) is 10.3 Å². The number of fused-ring (bicyclic) bond motifs is 1. The molecular formula is C17H16N2O3. The monoisotopic (exact) mass is 296 g/mol. The molecule has 112 valence electrons. The topological polar surface area (TPSA) is 60.5 Å². The summed E-state index contributed by atoms with van der Waals surface area (Å²) < 4.78 is 11.2. The average Bonchev–Trinajstić information content (AvgIpc) is 3.36. The molecule has 22 heavy (non-hydrogen) atoms. The van der Waals surface area contributed by atoms with Crippen molar-refractivity contribution in [2.75, 3.05) is 13.2 Å². The van der Waals surface area contributed by atoms with E-state index in [-0.39, 0.29) is 11.4 Å². The first kappa shape index (κ1) is 13.1. The smallest absolute Gasteiger partial charge is 0.253 e. The third-order valence-corrected chi connectivity index (χ3v) is 4.12. The zero-order valence-electron chi connectivity index (χ0n) is 12.0. The molecule has 1 fully saturated rings. The number of nitrogens with zero attached hydrogens (tertiary/aromatic N) is 1. The Morgan fingerprint density at radius 1 is 1.14 bits per heavy atom. The van der Waals surface area contributed by atoms with E-state index in [1.165, 1.54) is 0 Å². The summed E-state index contributed by atoms with van der Waals surface area (Å²) >= 11 is 0. The molecule has 0 unspecified atom stereocenters. The maximum Gasteiger partial charge on any atom is 0.253 e. The average molecular weight is 296 g/mol. The molecule has 1 aliphatic carbocycles. The van der Waals surface area contributed by atoms with E-state index in [1.54, 1.807) is 24.5 Å². The van der Waals surface area contributed by atoms with E-state index in [0.717, 1.165) is 29.9 Å². The van der Waals surface area contributed by atoms with E-state index in [1.807, 2.05) is 18.2 Å². The van der Waals surface area contributed by atoms with E-state index in [2.05, 4.69) is 10.3 Å². The number of aromatic nitrogens is 1. The molecule has 1 saturated carbocycles. The van der Waals surface area contributed by atoms with Gasteiger partial charge in [-0.05, 0) is 42.7 Å². The number of carbonyl (C=O) groups is 1. The summed E-state index contributed by atoms with van der Waals surface area (Å²) in [6.45, 7) is 1.14. The van der Waals surface area contributed by atoms with Crippen LogP contribution in [0.4, 0.5) is 0 Å². The SMILES string of the molecule is O=C(NC1(c2ccc3c(c2)OCCO3)CC1)c1cccnc1. The Balaban J connectivity index is 1.58. The molecule has 0 atom stereocenters. The van der Waals surface area contributed by atoms with E-state index < -0.39 is 0 Å². The second kappa shape index (κ2) is 5.02. The first-order chi connectivity index (χ1) is 10.8. The van der Waals surface area contributed by atoms with Crippen molar-refractivity contribution in [3.05, 3.63) is 53.9 Å². The number of nitrogens with one attached hydrogen (secondary N) is 1. The van der Waals surface area contributed by atoms with Crippen LogP contribution in [0.25, 0.3) is 0 Å². The third kappa shape index (κ3) is 2.28. The molecule has 2 aliphatic rings. The van der Waals surface area contributed by atoms with Crippen molar-refractivity contribution in [3.63, 3.8) is 0 Å². The van der Waals surface area contributed by atoms with Gasteiger partial charge in [0.05, 0.1) is 11.1 Å². The molecule has 1 aromatic heterocycles. The molecule has 1 N–H and O–H groups in total. The van der Waals surface area contributed by atoms with Crippen molar-refractivity contribution < 1.29 is 14.3 Å². The zero-order chi connectivity index (χ0) is 15.0. The Hall–Kier alpha value is -2.56. The lowest BCUT2D eigenvalue weighted by Crippen LogP contribution is -2.35. The molecule has 5 nitrogen and oxygen atoms in total. The second-order valence-electron chi connectivity index (χ2n) is 5.64. The van der Waals surface area contributed by atoms with Gasteiger partial charge in [0, 0.05) is 12.4 Å². The van der Waals surface area contributed by atoms with Gasteiger partial charge in [-0.25, -0.2) is 0 Å². The van der Waals surface area contributed by atoms with Crippen molar-refractivity contribution in [2.24, 2.45) is 0 Å². The van der Waals surface area contributed by atoms with Crippen molar-refractivity contribution in [3.8, 4) is 11.5 Å². The zero-order valence-corrected chi connectivity index (χ0v) is 12.0. The molecule has 1 aliphatic heterocycles. The lowest BCUT2D eigenvalue weighted by molar-refractivity contribution is 0.0930. The molecule has 1 aromatic carbocycles. The van der Waals surface area contributed by atoms with E-state index >= 15 is 0 Å². The highest BCUT2D eigenvalue weighted by molar-refractivity contribution is 5.94. The van der Waals surface area contributed by atoms with Gasteiger partial charge in [0.2, 0.25) is 0 Å². The van der Waals surface area contributed by atoms with Crippen LogP contribution >= 0.6 is 0 Å². The third-order valence-electron chi connectivity index (χ3n) is 4.12. The van der Waals surface area contributed by atoms with E-state index in [9.17, 15) is 4.79 Å². The maximum absolute atomic E-state index is 12.4. The Morgan fingerprint density at radius 3 is 2.68 bits per heavy atom. The van der Waals surface area contributed by atoms with Gasteiger partial charge >= 0.3 is 0 Å². The quantitative estimate of drug-likeness (QED) is 0.944. The number of ether oxygens (including phenoxy) is 2. The Bertz CT molecular complexity index is 711. The molecular weight excluding hydrogens is 280 g/mol. The lowest BCUT2D eigenvalue weighted by atomic mass is 10.0. The molecule has 1 amide bonds. The summed E-state index contributed by atoms with van der Waals surface area (Å²) in [6, 6.07) is 9.43. The largest absolute Gasteiger partial charge is 0.486 e. The Labute approximate surface area is 128 Å². The van der Waals surface area contributed by atoms with Gasteiger partial charge in [0.25, 0.3) is 5.91 Å². The normalized spacial score (nSPS) is 17.6. The summed E-state index contributed by atoms with van der Waals surface area (Å²) in [5.41, 5.74) is 1.35. The fourth-order valence-electron chi connectivity index (χ4n) is 2.74. The van der Waals surface area contributed by atoms with Crippen LogP contribution in [0.2, 0.25) is 0 Å². The molecule has 0 radical (unpaired) electrons. The number of benzene rings is 1. The fraction of sp³-hybridized carbons (Fsp3) is 0.294. The van der Waals surface area contributed by atoms with Crippen LogP contribution < -0.4 is 14.8 Å². The number of rotatable bonds is 3.